The molecule has 1 heterocycles. The van der Waals surface area contributed by atoms with Crippen LogP contribution in [-0.2, 0) is 20.8 Å². The second-order valence-corrected chi connectivity index (χ2v) is 8.30. The van der Waals surface area contributed by atoms with Crippen molar-refractivity contribution >= 4 is 17.8 Å². The zero-order valence-electron chi connectivity index (χ0n) is 20.3. The van der Waals surface area contributed by atoms with Gasteiger partial charge in [0, 0.05) is 25.2 Å². The lowest BCUT2D eigenvalue weighted by molar-refractivity contribution is -0.125. The first-order valence-electron chi connectivity index (χ1n) is 11.2. The largest absolute Gasteiger partial charge is 0.493 e. The SMILES string of the molecule is COc1ccc(C(=O)NNC(=O)COC(=O)c2ccc(CN3CC(C)OC(C)C3)cc2)cc1OC. The van der Waals surface area contributed by atoms with Crippen molar-refractivity contribution in [3.8, 4) is 11.5 Å². The molecule has 1 aliphatic heterocycles. The summed E-state index contributed by atoms with van der Waals surface area (Å²) in [7, 11) is 2.94. The molecule has 2 atom stereocenters. The molecular formula is C25H31N3O7. The van der Waals surface area contributed by atoms with E-state index in [0.29, 0.717) is 17.1 Å². The van der Waals surface area contributed by atoms with E-state index in [1.807, 2.05) is 12.1 Å². The van der Waals surface area contributed by atoms with E-state index in [9.17, 15) is 14.4 Å². The minimum Gasteiger partial charge on any atom is -0.493 e. The van der Waals surface area contributed by atoms with Crippen molar-refractivity contribution < 1.29 is 33.3 Å². The highest BCUT2D eigenvalue weighted by Gasteiger charge is 2.22. The number of benzene rings is 2. The van der Waals surface area contributed by atoms with Crippen LogP contribution in [-0.4, -0.2) is 68.8 Å². The number of ether oxygens (including phenoxy) is 4. The molecule has 0 spiro atoms. The number of hydrogen-bond donors (Lipinski definition) is 2. The van der Waals surface area contributed by atoms with Crippen LogP contribution in [0.4, 0.5) is 0 Å². The summed E-state index contributed by atoms with van der Waals surface area (Å²) in [5, 5.41) is 0. The second kappa shape index (κ2) is 12.2. The predicted octanol–water partition coefficient (Wildman–Crippen LogP) is 1.93. The van der Waals surface area contributed by atoms with Crippen LogP contribution in [0.5, 0.6) is 11.5 Å². The van der Waals surface area contributed by atoms with Crippen LogP contribution < -0.4 is 20.3 Å². The van der Waals surface area contributed by atoms with Crippen molar-refractivity contribution in [2.24, 2.45) is 0 Å². The molecule has 188 valence electrons. The Morgan fingerprint density at radius 2 is 1.54 bits per heavy atom. The van der Waals surface area contributed by atoms with Gasteiger partial charge in [0.15, 0.2) is 18.1 Å². The molecule has 0 radical (unpaired) electrons. The number of nitrogens with zero attached hydrogens (tertiary/aromatic N) is 1. The van der Waals surface area contributed by atoms with Crippen molar-refractivity contribution in [1.82, 2.24) is 15.8 Å². The molecule has 2 aromatic carbocycles. The summed E-state index contributed by atoms with van der Waals surface area (Å²) in [5.74, 6) is -1.03. The second-order valence-electron chi connectivity index (χ2n) is 8.30. The first-order chi connectivity index (χ1) is 16.8. The summed E-state index contributed by atoms with van der Waals surface area (Å²) in [6, 6.07) is 11.6. The quantitative estimate of drug-likeness (QED) is 0.431. The van der Waals surface area contributed by atoms with Crippen molar-refractivity contribution in [2.75, 3.05) is 33.9 Å². The normalized spacial score (nSPS) is 17.8. The highest BCUT2D eigenvalue weighted by molar-refractivity contribution is 5.96. The fourth-order valence-electron chi connectivity index (χ4n) is 3.84. The maximum atomic E-state index is 12.3. The van der Waals surface area contributed by atoms with Crippen LogP contribution in [0.3, 0.4) is 0 Å². The Hall–Kier alpha value is -3.63. The maximum Gasteiger partial charge on any atom is 0.338 e. The number of esters is 1. The smallest absolute Gasteiger partial charge is 0.338 e. The molecule has 0 bridgehead atoms. The highest BCUT2D eigenvalue weighted by Crippen LogP contribution is 2.27. The summed E-state index contributed by atoms with van der Waals surface area (Å²) in [5.41, 5.74) is 6.13. The Bertz CT molecular complexity index is 1030. The maximum absolute atomic E-state index is 12.3. The molecule has 2 amide bonds. The number of rotatable bonds is 8. The number of methoxy groups -OCH3 is 2. The average molecular weight is 486 g/mol. The molecule has 2 unspecified atom stereocenters. The number of nitrogens with one attached hydrogen (secondary N) is 2. The van der Waals surface area contributed by atoms with Gasteiger partial charge in [-0.05, 0) is 49.7 Å². The molecule has 10 heteroatoms. The lowest BCUT2D eigenvalue weighted by atomic mass is 10.1. The summed E-state index contributed by atoms with van der Waals surface area (Å²) in [4.78, 5) is 38.8. The van der Waals surface area contributed by atoms with Crippen LogP contribution in [0, 0.1) is 0 Å². The fraction of sp³-hybridized carbons (Fsp3) is 0.400. The van der Waals surface area contributed by atoms with E-state index in [-0.39, 0.29) is 17.8 Å². The van der Waals surface area contributed by atoms with Gasteiger partial charge in [-0.1, -0.05) is 12.1 Å². The monoisotopic (exact) mass is 485 g/mol. The molecule has 0 saturated carbocycles. The molecule has 1 fully saturated rings. The van der Waals surface area contributed by atoms with Crippen LogP contribution in [0.1, 0.15) is 40.1 Å². The summed E-state index contributed by atoms with van der Waals surface area (Å²) < 4.78 is 21.1. The standard InChI is InChI=1S/C25H31N3O7/c1-16-12-28(13-17(2)35-16)14-18-5-7-19(8-6-18)25(31)34-15-23(29)26-27-24(30)20-9-10-21(32-3)22(11-20)33-4/h5-11,16-17H,12-15H2,1-4H3,(H,26,29)(H,27,30). The molecule has 1 saturated heterocycles. The van der Waals surface area contributed by atoms with Gasteiger partial charge in [0.25, 0.3) is 11.8 Å². The van der Waals surface area contributed by atoms with Crippen LogP contribution >= 0.6 is 0 Å². The number of hydrazine groups is 1. The highest BCUT2D eigenvalue weighted by atomic mass is 16.5. The molecule has 2 N–H and O–H groups in total. The number of morpholine rings is 1. The molecule has 3 rings (SSSR count). The summed E-state index contributed by atoms with van der Waals surface area (Å²) >= 11 is 0. The fourth-order valence-corrected chi connectivity index (χ4v) is 3.84. The van der Waals surface area contributed by atoms with Crippen LogP contribution in [0.2, 0.25) is 0 Å². The van der Waals surface area contributed by atoms with Gasteiger partial charge in [-0.2, -0.15) is 0 Å². The van der Waals surface area contributed by atoms with Crippen molar-refractivity contribution in [3.63, 3.8) is 0 Å². The van der Waals surface area contributed by atoms with Gasteiger partial charge in [0.1, 0.15) is 0 Å². The van der Waals surface area contributed by atoms with Gasteiger partial charge in [0.2, 0.25) is 0 Å². The van der Waals surface area contributed by atoms with Crippen LogP contribution in [0.15, 0.2) is 42.5 Å². The van der Waals surface area contributed by atoms with E-state index in [0.717, 1.165) is 25.2 Å². The van der Waals surface area contributed by atoms with Gasteiger partial charge in [0.05, 0.1) is 32.0 Å². The van der Waals surface area contributed by atoms with E-state index in [4.69, 9.17) is 18.9 Å². The minimum atomic E-state index is -0.681. The lowest BCUT2D eigenvalue weighted by Crippen LogP contribution is -2.44. The van der Waals surface area contributed by atoms with Crippen molar-refractivity contribution in [2.45, 2.75) is 32.6 Å². The van der Waals surface area contributed by atoms with E-state index in [1.54, 1.807) is 18.2 Å². The lowest BCUT2D eigenvalue weighted by Gasteiger charge is -2.35. The molecule has 35 heavy (non-hydrogen) atoms. The minimum absolute atomic E-state index is 0.183. The van der Waals surface area contributed by atoms with Gasteiger partial charge >= 0.3 is 5.97 Å². The third-order valence-corrected chi connectivity index (χ3v) is 5.39. The molecule has 1 aliphatic rings. The third-order valence-electron chi connectivity index (χ3n) is 5.39. The van der Waals surface area contributed by atoms with Gasteiger partial charge in [-0.25, -0.2) is 4.79 Å². The Labute approximate surface area is 204 Å². The third kappa shape index (κ3) is 7.43. The Morgan fingerprint density at radius 1 is 0.914 bits per heavy atom. The van der Waals surface area contributed by atoms with Gasteiger partial charge in [-0.15, -0.1) is 0 Å². The molecule has 0 aromatic heterocycles. The van der Waals surface area contributed by atoms with E-state index in [1.165, 1.54) is 26.4 Å². The zero-order chi connectivity index (χ0) is 25.4. The average Bonchev–Trinajstić information content (AvgIpc) is 2.85. The van der Waals surface area contributed by atoms with E-state index in [2.05, 4.69) is 29.6 Å². The Balaban J connectivity index is 1.43. The number of hydrogen-bond acceptors (Lipinski definition) is 8. The number of amides is 2. The first-order valence-corrected chi connectivity index (χ1v) is 11.2. The van der Waals surface area contributed by atoms with Crippen LogP contribution in [0.25, 0.3) is 0 Å². The number of carbonyl (C=O) groups is 3. The van der Waals surface area contributed by atoms with Gasteiger partial charge in [-0.3, -0.25) is 25.3 Å². The molecular weight excluding hydrogens is 454 g/mol. The Kier molecular flexibility index (Phi) is 9.04. The Morgan fingerprint density at radius 3 is 2.17 bits per heavy atom. The van der Waals surface area contributed by atoms with Crippen molar-refractivity contribution in [3.05, 3.63) is 59.2 Å². The van der Waals surface area contributed by atoms with E-state index < -0.39 is 24.4 Å². The topological polar surface area (TPSA) is 115 Å². The van der Waals surface area contributed by atoms with E-state index >= 15 is 0 Å². The molecule has 2 aromatic rings. The first kappa shape index (κ1) is 26.0. The number of carbonyl (C=O) groups excluding carboxylic acids is 3. The van der Waals surface area contributed by atoms with Crippen molar-refractivity contribution in [1.29, 1.82) is 0 Å². The molecule has 10 nitrogen and oxygen atoms in total. The predicted molar refractivity (Wildman–Crippen MR) is 127 cm³/mol. The van der Waals surface area contributed by atoms with Gasteiger partial charge < -0.3 is 18.9 Å². The molecule has 0 aliphatic carbocycles. The summed E-state index contributed by atoms with van der Waals surface area (Å²) in [6.45, 7) is 6.03. The summed E-state index contributed by atoms with van der Waals surface area (Å²) in [6.07, 6.45) is 0.367. The zero-order valence-corrected chi connectivity index (χ0v) is 20.3.